The van der Waals surface area contributed by atoms with Gasteiger partial charge in [-0.05, 0) is 37.5 Å². The van der Waals surface area contributed by atoms with Gasteiger partial charge in [0.25, 0.3) is 0 Å². The molecule has 2 saturated heterocycles. The molecule has 0 unspecified atom stereocenters. The molecule has 1 atom stereocenters. The van der Waals surface area contributed by atoms with Gasteiger partial charge in [-0.25, -0.2) is 22.3 Å². The number of rotatable bonds is 12. The second kappa shape index (κ2) is 10.4. The van der Waals surface area contributed by atoms with E-state index in [0.717, 1.165) is 13.1 Å². The third kappa shape index (κ3) is 6.88. The number of amides is 3. The summed E-state index contributed by atoms with van der Waals surface area (Å²) in [6.07, 6.45) is 1.65. The van der Waals surface area contributed by atoms with Crippen LogP contribution < -0.4 is 20.1 Å². The van der Waals surface area contributed by atoms with Gasteiger partial charge in [0.2, 0.25) is 15.9 Å². The number of nitrogens with one attached hydrogen (secondary N) is 3. The van der Waals surface area contributed by atoms with Crippen LogP contribution in [0.25, 0.3) is 0 Å². The summed E-state index contributed by atoms with van der Waals surface area (Å²) < 4.78 is 47.0. The van der Waals surface area contributed by atoms with Gasteiger partial charge in [0.1, 0.15) is 6.54 Å². The van der Waals surface area contributed by atoms with Gasteiger partial charge >= 0.3 is 6.03 Å². The van der Waals surface area contributed by atoms with Crippen molar-refractivity contribution in [3.63, 3.8) is 0 Å². The summed E-state index contributed by atoms with van der Waals surface area (Å²) in [5, 5.41) is 5.33. The van der Waals surface area contributed by atoms with Crippen LogP contribution in [0.3, 0.4) is 0 Å². The molecule has 11 heteroatoms. The molecule has 1 aromatic carbocycles. The van der Waals surface area contributed by atoms with Gasteiger partial charge in [0.05, 0.1) is 12.4 Å². The number of hydrogen-bond acceptors (Lipinski definition) is 6. The number of urea groups is 1. The molecule has 3 rings (SSSR count). The minimum atomic E-state index is -3.53. The minimum absolute atomic E-state index is 0.0527. The van der Waals surface area contributed by atoms with E-state index < -0.39 is 27.9 Å². The number of hydrogen-bond donors (Lipinski definition) is 3. The smallest absolute Gasteiger partial charge is 0.324 e. The fourth-order valence-corrected chi connectivity index (χ4v) is 4.78. The van der Waals surface area contributed by atoms with Crippen LogP contribution in [0.1, 0.15) is 37.8 Å². The molecule has 31 heavy (non-hydrogen) atoms. The van der Waals surface area contributed by atoms with E-state index in [2.05, 4.69) is 15.4 Å². The molecular weight excluding hydrogens is 427 g/mol. The summed E-state index contributed by atoms with van der Waals surface area (Å²) in [7, 11) is -3.53. The van der Waals surface area contributed by atoms with E-state index in [9.17, 15) is 22.4 Å². The van der Waals surface area contributed by atoms with Crippen molar-refractivity contribution < 1.29 is 27.1 Å². The zero-order chi connectivity index (χ0) is 22.4. The SMILES string of the molecule is C[C@@H](NS(=O)(=O)CCCCCN1CC(=O)NC1=O)c1ccc(F)c(OCC2CNC2)c1. The molecule has 2 aliphatic rings. The van der Waals surface area contributed by atoms with Crippen molar-refractivity contribution in [2.75, 3.05) is 38.5 Å². The summed E-state index contributed by atoms with van der Waals surface area (Å²) in [6, 6.07) is 3.44. The van der Waals surface area contributed by atoms with Crippen LogP contribution in [-0.4, -0.2) is 63.8 Å². The Balaban J connectivity index is 1.42. The molecule has 2 heterocycles. The van der Waals surface area contributed by atoms with Gasteiger partial charge in [0.15, 0.2) is 11.6 Å². The number of nitrogens with zero attached hydrogens (tertiary/aromatic N) is 1. The number of sulfonamides is 1. The largest absolute Gasteiger partial charge is 0.490 e. The average molecular weight is 457 g/mol. The maximum Gasteiger partial charge on any atom is 0.324 e. The van der Waals surface area contributed by atoms with Gasteiger partial charge in [-0.15, -0.1) is 0 Å². The molecule has 1 aromatic rings. The van der Waals surface area contributed by atoms with Crippen molar-refractivity contribution in [1.29, 1.82) is 0 Å². The van der Waals surface area contributed by atoms with Crippen LogP contribution in [-0.2, 0) is 14.8 Å². The Morgan fingerprint density at radius 2 is 2.03 bits per heavy atom. The zero-order valence-electron chi connectivity index (χ0n) is 17.5. The van der Waals surface area contributed by atoms with E-state index in [4.69, 9.17) is 4.74 Å². The Kier molecular flexibility index (Phi) is 7.84. The summed E-state index contributed by atoms with van der Waals surface area (Å²) >= 11 is 0. The molecular formula is C20H29FN4O5S. The van der Waals surface area contributed by atoms with E-state index in [1.165, 1.54) is 17.0 Å². The number of imide groups is 1. The fourth-order valence-electron chi connectivity index (χ4n) is 3.41. The van der Waals surface area contributed by atoms with E-state index in [0.29, 0.717) is 43.9 Å². The minimum Gasteiger partial charge on any atom is -0.490 e. The number of unbranched alkanes of at least 4 members (excludes halogenated alkanes) is 2. The molecule has 2 fully saturated rings. The van der Waals surface area contributed by atoms with Gasteiger partial charge in [-0.1, -0.05) is 12.5 Å². The van der Waals surface area contributed by atoms with E-state index >= 15 is 0 Å². The summed E-state index contributed by atoms with van der Waals surface area (Å²) in [5.41, 5.74) is 0.622. The molecule has 0 radical (unpaired) electrons. The number of carbonyl (C=O) groups is 2. The van der Waals surface area contributed by atoms with Gasteiger partial charge < -0.3 is 15.0 Å². The van der Waals surface area contributed by atoms with Crippen LogP contribution in [0.5, 0.6) is 5.75 Å². The maximum atomic E-state index is 14.0. The van der Waals surface area contributed by atoms with Crippen LogP contribution >= 0.6 is 0 Å². The van der Waals surface area contributed by atoms with E-state index in [-0.39, 0.29) is 24.0 Å². The van der Waals surface area contributed by atoms with Crippen molar-refractivity contribution in [3.8, 4) is 5.75 Å². The maximum absolute atomic E-state index is 14.0. The first-order valence-corrected chi connectivity index (χ1v) is 12.1. The zero-order valence-corrected chi connectivity index (χ0v) is 18.3. The van der Waals surface area contributed by atoms with E-state index in [1.807, 2.05) is 0 Å². The number of carbonyl (C=O) groups excluding carboxylic acids is 2. The average Bonchev–Trinajstić information content (AvgIpc) is 2.98. The fraction of sp³-hybridized carbons (Fsp3) is 0.600. The summed E-state index contributed by atoms with van der Waals surface area (Å²) in [6.45, 7) is 4.28. The Labute approximate surface area is 181 Å². The molecule has 0 saturated carbocycles. The number of benzene rings is 1. The quantitative estimate of drug-likeness (QED) is 0.321. The number of ether oxygens (including phenoxy) is 1. The molecule has 0 aliphatic carbocycles. The Bertz CT molecular complexity index is 907. The second-order valence-corrected chi connectivity index (χ2v) is 9.89. The summed E-state index contributed by atoms with van der Waals surface area (Å²) in [4.78, 5) is 24.0. The molecule has 0 spiro atoms. The van der Waals surface area contributed by atoms with Crippen molar-refractivity contribution in [1.82, 2.24) is 20.3 Å². The second-order valence-electron chi connectivity index (χ2n) is 8.02. The van der Waals surface area contributed by atoms with Crippen molar-refractivity contribution in [2.45, 2.75) is 32.2 Å². The third-order valence-electron chi connectivity index (χ3n) is 5.36. The van der Waals surface area contributed by atoms with Crippen LogP contribution in [0.15, 0.2) is 18.2 Å². The van der Waals surface area contributed by atoms with Gasteiger partial charge in [-0.2, -0.15) is 0 Å². The highest BCUT2D eigenvalue weighted by molar-refractivity contribution is 7.89. The Morgan fingerprint density at radius 3 is 2.68 bits per heavy atom. The topological polar surface area (TPSA) is 117 Å². The Hall–Kier alpha value is -2.24. The lowest BCUT2D eigenvalue weighted by molar-refractivity contribution is -0.118. The molecule has 0 aromatic heterocycles. The summed E-state index contributed by atoms with van der Waals surface area (Å²) in [5.74, 6) is -0.361. The van der Waals surface area contributed by atoms with Crippen LogP contribution in [0, 0.1) is 11.7 Å². The molecule has 3 N–H and O–H groups in total. The van der Waals surface area contributed by atoms with Crippen LogP contribution in [0.2, 0.25) is 0 Å². The Morgan fingerprint density at radius 1 is 1.26 bits per heavy atom. The lowest BCUT2D eigenvalue weighted by Crippen LogP contribution is -2.45. The third-order valence-corrected chi connectivity index (χ3v) is 6.90. The molecule has 0 bridgehead atoms. The van der Waals surface area contributed by atoms with Gasteiger partial charge in [0, 0.05) is 31.6 Å². The predicted octanol–water partition coefficient (Wildman–Crippen LogP) is 1.13. The van der Waals surface area contributed by atoms with Crippen molar-refractivity contribution in [2.24, 2.45) is 5.92 Å². The van der Waals surface area contributed by atoms with Crippen molar-refractivity contribution in [3.05, 3.63) is 29.6 Å². The molecule has 3 amide bonds. The van der Waals surface area contributed by atoms with Gasteiger partial charge in [-0.3, -0.25) is 10.1 Å². The molecule has 172 valence electrons. The number of halogens is 1. The van der Waals surface area contributed by atoms with E-state index in [1.54, 1.807) is 13.0 Å². The molecule has 9 nitrogen and oxygen atoms in total. The first-order valence-electron chi connectivity index (χ1n) is 10.5. The highest BCUT2D eigenvalue weighted by atomic mass is 32.2. The highest BCUT2D eigenvalue weighted by Gasteiger charge is 2.26. The first kappa shape index (κ1) is 23.4. The highest BCUT2D eigenvalue weighted by Crippen LogP contribution is 2.24. The monoisotopic (exact) mass is 456 g/mol. The normalized spacial score (nSPS) is 18.1. The first-order chi connectivity index (χ1) is 14.7. The standard InChI is InChI=1S/C20H29FN4O5S/c1-14(16-5-6-17(21)18(9-16)30-13-15-10-22-11-15)24-31(28,29)8-4-2-3-7-25-12-19(26)23-20(25)27/h5-6,9,14-15,22,24H,2-4,7-8,10-13H2,1H3,(H,23,26,27)/t14-/m1/s1. The van der Waals surface area contributed by atoms with Crippen molar-refractivity contribution >= 4 is 22.0 Å². The lowest BCUT2D eigenvalue weighted by Gasteiger charge is -2.27. The van der Waals surface area contributed by atoms with Crippen LogP contribution in [0.4, 0.5) is 9.18 Å². The molecule has 2 aliphatic heterocycles. The predicted molar refractivity (Wildman–Crippen MR) is 113 cm³/mol. The lowest BCUT2D eigenvalue weighted by atomic mass is 10.1.